The summed E-state index contributed by atoms with van der Waals surface area (Å²) in [5.41, 5.74) is 3.79. The Hall–Kier alpha value is -4.64. The van der Waals surface area contributed by atoms with Crippen LogP contribution in [0, 0.1) is 21.7 Å². The maximum atomic E-state index is 7.00. The van der Waals surface area contributed by atoms with E-state index in [0.29, 0.717) is 80.5 Å². The summed E-state index contributed by atoms with van der Waals surface area (Å²) in [7, 11) is 0. The highest BCUT2D eigenvalue weighted by molar-refractivity contribution is 9.25. The smallest absolute Gasteiger partial charge is 0.222 e. The van der Waals surface area contributed by atoms with Gasteiger partial charge in [-0.2, -0.15) is 0 Å². The van der Waals surface area contributed by atoms with Crippen LogP contribution in [0.4, 0.5) is 0 Å². The number of aromatic amines is 1. The van der Waals surface area contributed by atoms with Crippen LogP contribution >= 0.6 is 63.7 Å². The van der Waals surface area contributed by atoms with Crippen molar-refractivity contribution in [3.8, 4) is 62.8 Å². The lowest BCUT2D eigenvalue weighted by molar-refractivity contribution is 0.0466. The number of nitrogens with zero attached hydrogens (tertiary/aromatic N) is 7. The summed E-state index contributed by atoms with van der Waals surface area (Å²) in [4.78, 5) is 42.3. The number of halogens is 4. The molecule has 68 heavy (non-hydrogen) atoms. The first-order valence-corrected chi connectivity index (χ1v) is 25.9. The predicted octanol–water partition coefficient (Wildman–Crippen LogP) is 15.0. The molecule has 7 aromatic rings. The molecule has 0 radical (unpaired) electrons. The average molecular weight is 1170 g/mol. The third kappa shape index (κ3) is 9.14. The number of aromatic nitrogens is 8. The molecule has 0 saturated heterocycles. The van der Waals surface area contributed by atoms with E-state index in [1.807, 2.05) is 78.9 Å². The number of fused-ring (bicyclic) bond motifs is 20. The van der Waals surface area contributed by atoms with Gasteiger partial charge in [-0.3, -0.25) is 0 Å². The molecule has 8 bridgehead atoms. The first-order chi connectivity index (χ1) is 31.8. The van der Waals surface area contributed by atoms with Crippen molar-refractivity contribution < 1.29 is 19.0 Å². The standard InChI is InChI=1S/C52H54Br4N8O4/c1-48(2,3)26-65-37-35-33(25-34(67-52(55,56)51(10,11)12)36(37)66-46(53)49(4,5)6)42-59-38-27-19-13-15-21-29(27)40(57-38)62-44-31-23-17-18-24-32(31)45(64(44)68-47(54)50(7,8)9)63-41-30-22-16-14-20-28(30)39(58-41)60-43(35)61-42/h13-25,46-47H,26H2,1-12H3,(H,57,58,59,60,61,62,63). The summed E-state index contributed by atoms with van der Waals surface area (Å²) >= 11 is 15.5. The van der Waals surface area contributed by atoms with Gasteiger partial charge in [0.15, 0.2) is 56.1 Å². The SMILES string of the molecule is CC(C)(C)COc1c(OC(Br)C(C)(C)C)c(OC(Br)(Br)C(C)(C)C)cc2c3nc4nc(nc5c6ccccc6c(nc6nc(nc([nH]3)c12)-c1ccccc1-6)n5OC(Br)C(C)(C)C)-c1ccccc1-4. The van der Waals surface area contributed by atoms with Gasteiger partial charge < -0.3 is 24.0 Å². The van der Waals surface area contributed by atoms with Crippen LogP contribution in [0.5, 0.6) is 17.2 Å². The van der Waals surface area contributed by atoms with Gasteiger partial charge in [0.05, 0.1) is 12.0 Å². The van der Waals surface area contributed by atoms with Gasteiger partial charge in [-0.15, -0.1) is 4.73 Å². The average Bonchev–Trinajstić information content (AvgIpc) is 3.96. The van der Waals surface area contributed by atoms with E-state index in [4.69, 9.17) is 49.0 Å². The zero-order chi connectivity index (χ0) is 48.9. The van der Waals surface area contributed by atoms with Crippen LogP contribution in [-0.4, -0.2) is 59.7 Å². The van der Waals surface area contributed by atoms with Gasteiger partial charge in [0.1, 0.15) is 11.3 Å². The lowest BCUT2D eigenvalue weighted by Gasteiger charge is -2.36. The number of hydrogen-bond donors (Lipinski definition) is 1. The Bertz CT molecular complexity index is 3300. The van der Waals surface area contributed by atoms with E-state index >= 15 is 0 Å². The topological polar surface area (TPSA) is 135 Å². The van der Waals surface area contributed by atoms with Gasteiger partial charge in [0.25, 0.3) is 0 Å². The minimum atomic E-state index is -1.04. The molecule has 4 aromatic carbocycles. The van der Waals surface area contributed by atoms with E-state index in [1.165, 1.54) is 0 Å². The maximum Gasteiger partial charge on any atom is 0.222 e. The molecule has 5 heterocycles. The van der Waals surface area contributed by atoms with Crippen molar-refractivity contribution in [2.45, 2.75) is 96.5 Å². The summed E-state index contributed by atoms with van der Waals surface area (Å²) in [6.45, 7) is 25.5. The Labute approximate surface area is 429 Å². The minimum Gasteiger partial charge on any atom is -0.488 e. The fraction of sp³-hybridized carbons (Fsp3) is 0.385. The molecule has 1 N–H and O–H groups in total. The first kappa shape index (κ1) is 48.4. The Morgan fingerprint density at radius 3 is 1.47 bits per heavy atom. The van der Waals surface area contributed by atoms with Crippen molar-refractivity contribution in [2.75, 3.05) is 6.61 Å². The highest BCUT2D eigenvalue weighted by Crippen LogP contribution is 2.53. The summed E-state index contributed by atoms with van der Waals surface area (Å²) in [6, 6.07) is 25.9. The summed E-state index contributed by atoms with van der Waals surface area (Å²) in [5, 5.41) is 2.02. The van der Waals surface area contributed by atoms with Crippen LogP contribution in [0.2, 0.25) is 0 Å². The number of nitrogens with one attached hydrogen (secondary N) is 1. The van der Waals surface area contributed by atoms with Crippen molar-refractivity contribution >= 4 is 108 Å². The number of H-pyrrole nitrogens is 1. The summed E-state index contributed by atoms with van der Waals surface area (Å²) < 4.78 is 21.6. The number of alkyl halides is 4. The molecule has 12 nitrogen and oxygen atoms in total. The zero-order valence-electron chi connectivity index (χ0n) is 40.1. The third-order valence-corrected chi connectivity index (χ3v) is 17.2. The minimum absolute atomic E-state index is 0.254. The molecule has 0 saturated carbocycles. The van der Waals surface area contributed by atoms with Gasteiger partial charge in [0.2, 0.25) is 9.17 Å². The zero-order valence-corrected chi connectivity index (χ0v) is 46.5. The van der Waals surface area contributed by atoms with Crippen molar-refractivity contribution in [1.82, 2.24) is 39.6 Å². The van der Waals surface area contributed by atoms with E-state index in [-0.39, 0.29) is 16.2 Å². The highest BCUT2D eigenvalue weighted by atomic mass is 79.9. The Kier molecular flexibility index (Phi) is 12.3. The molecule has 16 heteroatoms. The van der Waals surface area contributed by atoms with Crippen molar-refractivity contribution in [1.29, 1.82) is 0 Å². The van der Waals surface area contributed by atoms with Crippen LogP contribution < -0.4 is 19.0 Å². The van der Waals surface area contributed by atoms with E-state index in [0.717, 1.165) is 33.0 Å². The lowest BCUT2D eigenvalue weighted by atomic mass is 9.98. The van der Waals surface area contributed by atoms with E-state index in [9.17, 15) is 0 Å². The van der Waals surface area contributed by atoms with Gasteiger partial charge >= 0.3 is 0 Å². The number of hydrogen-bond acceptors (Lipinski definition) is 10. The van der Waals surface area contributed by atoms with Crippen LogP contribution in [0.3, 0.4) is 0 Å². The van der Waals surface area contributed by atoms with Gasteiger partial charge in [-0.25, -0.2) is 29.9 Å². The highest BCUT2D eigenvalue weighted by Gasteiger charge is 2.42. The largest absolute Gasteiger partial charge is 0.488 e. The second kappa shape index (κ2) is 17.3. The Morgan fingerprint density at radius 1 is 0.559 bits per heavy atom. The van der Waals surface area contributed by atoms with Gasteiger partial charge in [-0.05, 0) is 75.2 Å². The molecule has 2 atom stereocenters. The van der Waals surface area contributed by atoms with Crippen molar-refractivity contribution in [2.24, 2.45) is 21.7 Å². The second-order valence-electron chi connectivity index (χ2n) is 21.6. The maximum absolute atomic E-state index is 7.00. The molecule has 2 unspecified atom stereocenters. The van der Waals surface area contributed by atoms with Crippen molar-refractivity contribution in [3.05, 3.63) is 78.9 Å². The van der Waals surface area contributed by atoms with Crippen LogP contribution in [-0.2, 0) is 0 Å². The molecule has 0 amide bonds. The number of ether oxygens (including phenoxy) is 3. The normalized spacial score (nSPS) is 14.1. The molecule has 354 valence electrons. The third-order valence-electron chi connectivity index (χ3n) is 11.4. The summed E-state index contributed by atoms with van der Waals surface area (Å²) in [5.74, 6) is 3.01. The predicted molar refractivity (Wildman–Crippen MR) is 287 cm³/mol. The number of rotatable bonds is 8. The first-order valence-electron chi connectivity index (χ1n) is 22.4. The van der Waals surface area contributed by atoms with Crippen molar-refractivity contribution in [3.63, 3.8) is 0 Å². The molecule has 2 aliphatic heterocycles. The van der Waals surface area contributed by atoms with Gasteiger partial charge in [-0.1, -0.05) is 156 Å². The fourth-order valence-corrected chi connectivity index (χ4v) is 8.04. The van der Waals surface area contributed by atoms with Gasteiger partial charge in [0, 0.05) is 54.7 Å². The van der Waals surface area contributed by atoms with Crippen LogP contribution in [0.25, 0.3) is 89.7 Å². The molecule has 9 rings (SSSR count). The molecule has 2 aliphatic rings. The quantitative estimate of drug-likeness (QED) is 0.147. The summed E-state index contributed by atoms with van der Waals surface area (Å²) in [6.07, 6.45) is 0. The lowest BCUT2D eigenvalue weighted by Crippen LogP contribution is -2.36. The van der Waals surface area contributed by atoms with E-state index in [1.54, 1.807) is 4.73 Å². The molecular weight excluding hydrogens is 1120 g/mol. The molecule has 0 fully saturated rings. The molecule has 0 aliphatic carbocycles. The van der Waals surface area contributed by atoms with E-state index in [2.05, 4.69) is 152 Å². The number of benzene rings is 4. The van der Waals surface area contributed by atoms with Crippen LogP contribution in [0.1, 0.15) is 83.1 Å². The fourth-order valence-electron chi connectivity index (χ4n) is 7.33. The molecular formula is C52H54Br4N8O4. The second-order valence-corrected chi connectivity index (χ2v) is 26.6. The van der Waals surface area contributed by atoms with Crippen LogP contribution in [0.15, 0.2) is 78.9 Å². The van der Waals surface area contributed by atoms with E-state index < -0.39 is 18.9 Å². The Balaban J connectivity index is 1.49. The molecule has 3 aromatic heterocycles. The Morgan fingerprint density at radius 2 is 1.01 bits per heavy atom. The molecule has 0 spiro atoms. The monoisotopic (exact) mass is 1170 g/mol.